The maximum Gasteiger partial charge on any atom is 0.0664 e. The number of nitrogens with zero attached hydrogens (tertiary/aromatic N) is 1. The summed E-state index contributed by atoms with van der Waals surface area (Å²) in [5.74, 6) is 0.680. The number of likely N-dealkylation sites (tertiary alicyclic amines) is 1. The molecule has 0 bridgehead atoms. The predicted molar refractivity (Wildman–Crippen MR) is 57.3 cm³/mol. The molecule has 1 saturated heterocycles. The van der Waals surface area contributed by atoms with Gasteiger partial charge in [-0.15, -0.1) is 0 Å². The molecule has 0 aromatic heterocycles. The Bertz CT molecular complexity index is 152. The lowest BCUT2D eigenvalue weighted by Gasteiger charge is -2.18. The summed E-state index contributed by atoms with van der Waals surface area (Å²) in [6, 6.07) is 0. The Morgan fingerprint density at radius 2 is 2.29 bits per heavy atom. The predicted octanol–water partition coefficient (Wildman–Crippen LogP) is 1.12. The van der Waals surface area contributed by atoms with Crippen molar-refractivity contribution < 1.29 is 9.84 Å². The molecule has 1 N–H and O–H groups in total. The molecule has 0 saturated carbocycles. The van der Waals surface area contributed by atoms with Gasteiger partial charge in [0.25, 0.3) is 0 Å². The van der Waals surface area contributed by atoms with Gasteiger partial charge in [-0.3, -0.25) is 0 Å². The van der Waals surface area contributed by atoms with Gasteiger partial charge in [-0.25, -0.2) is 0 Å². The van der Waals surface area contributed by atoms with Crippen molar-refractivity contribution >= 4 is 0 Å². The van der Waals surface area contributed by atoms with Crippen molar-refractivity contribution in [3.8, 4) is 0 Å². The highest BCUT2D eigenvalue weighted by molar-refractivity contribution is 4.76. The number of hydrogen-bond acceptors (Lipinski definition) is 3. The Kier molecular flexibility index (Phi) is 5.45. The molecule has 0 amide bonds. The second kappa shape index (κ2) is 6.38. The third-order valence-corrected chi connectivity index (χ3v) is 2.87. The maximum absolute atomic E-state index is 9.51. The first kappa shape index (κ1) is 12.0. The number of β-amino-alcohol motifs (C(OH)–C–C–N with tert-alkyl or cyclic N) is 1. The van der Waals surface area contributed by atoms with Crippen LogP contribution in [0.1, 0.15) is 26.7 Å². The molecule has 1 aliphatic rings. The summed E-state index contributed by atoms with van der Waals surface area (Å²) >= 11 is 0. The third-order valence-electron chi connectivity index (χ3n) is 2.87. The lowest BCUT2D eigenvalue weighted by atomic mass is 10.1. The van der Waals surface area contributed by atoms with Crippen LogP contribution < -0.4 is 0 Å². The van der Waals surface area contributed by atoms with E-state index in [0.29, 0.717) is 5.92 Å². The normalized spacial score (nSPS) is 25.5. The summed E-state index contributed by atoms with van der Waals surface area (Å²) in [6.07, 6.45) is 1.92. The van der Waals surface area contributed by atoms with Crippen molar-refractivity contribution in [3.63, 3.8) is 0 Å². The minimum Gasteiger partial charge on any atom is -0.392 e. The molecule has 2 unspecified atom stereocenters. The van der Waals surface area contributed by atoms with E-state index in [2.05, 4.69) is 4.90 Å². The van der Waals surface area contributed by atoms with E-state index < -0.39 is 0 Å². The topological polar surface area (TPSA) is 32.7 Å². The van der Waals surface area contributed by atoms with Crippen molar-refractivity contribution in [2.24, 2.45) is 5.92 Å². The van der Waals surface area contributed by atoms with Crippen LogP contribution in [-0.2, 0) is 4.74 Å². The van der Waals surface area contributed by atoms with Crippen LogP contribution in [0.2, 0.25) is 0 Å². The first-order valence-electron chi connectivity index (χ1n) is 5.74. The van der Waals surface area contributed by atoms with Gasteiger partial charge in [-0.05, 0) is 32.2 Å². The second-order valence-electron chi connectivity index (χ2n) is 4.14. The van der Waals surface area contributed by atoms with Crippen LogP contribution in [0.3, 0.4) is 0 Å². The summed E-state index contributed by atoms with van der Waals surface area (Å²) in [5.41, 5.74) is 0. The van der Waals surface area contributed by atoms with Crippen molar-refractivity contribution in [1.82, 2.24) is 4.90 Å². The molecule has 2 atom stereocenters. The molecular weight excluding hydrogens is 178 g/mol. The standard InChI is InChI=1S/C11H23NO2/c1-3-11(13)8-12-6-5-10(7-12)9-14-4-2/h10-11,13H,3-9H2,1-2H3. The molecule has 0 radical (unpaired) electrons. The molecule has 1 fully saturated rings. The minimum atomic E-state index is -0.152. The molecule has 14 heavy (non-hydrogen) atoms. The summed E-state index contributed by atoms with van der Waals surface area (Å²) in [7, 11) is 0. The molecular formula is C11H23NO2. The van der Waals surface area contributed by atoms with Gasteiger partial charge < -0.3 is 14.7 Å². The average Bonchev–Trinajstić information content (AvgIpc) is 2.62. The van der Waals surface area contributed by atoms with Crippen LogP contribution in [-0.4, -0.2) is 49.0 Å². The molecule has 3 nitrogen and oxygen atoms in total. The minimum absolute atomic E-state index is 0.152. The summed E-state index contributed by atoms with van der Waals surface area (Å²) in [4.78, 5) is 2.35. The van der Waals surface area contributed by atoms with Gasteiger partial charge >= 0.3 is 0 Å². The fourth-order valence-electron chi connectivity index (χ4n) is 1.93. The van der Waals surface area contributed by atoms with E-state index in [0.717, 1.165) is 39.3 Å². The van der Waals surface area contributed by atoms with E-state index in [9.17, 15) is 5.11 Å². The van der Waals surface area contributed by atoms with E-state index in [1.165, 1.54) is 6.42 Å². The van der Waals surface area contributed by atoms with Gasteiger partial charge in [0.15, 0.2) is 0 Å². The van der Waals surface area contributed by atoms with E-state index in [1.54, 1.807) is 0 Å². The zero-order valence-corrected chi connectivity index (χ0v) is 9.41. The monoisotopic (exact) mass is 201 g/mol. The lowest BCUT2D eigenvalue weighted by molar-refractivity contribution is 0.0987. The van der Waals surface area contributed by atoms with Crippen molar-refractivity contribution in [2.45, 2.75) is 32.8 Å². The fourth-order valence-corrected chi connectivity index (χ4v) is 1.93. The summed E-state index contributed by atoms with van der Waals surface area (Å²) < 4.78 is 5.41. The smallest absolute Gasteiger partial charge is 0.0664 e. The molecule has 0 aromatic carbocycles. The Balaban J connectivity index is 2.13. The SMILES string of the molecule is CCOCC1CCN(CC(O)CC)C1. The van der Waals surface area contributed by atoms with Crippen LogP contribution in [0.15, 0.2) is 0 Å². The second-order valence-corrected chi connectivity index (χ2v) is 4.14. The van der Waals surface area contributed by atoms with Gasteiger partial charge in [0.05, 0.1) is 12.7 Å². The highest BCUT2D eigenvalue weighted by atomic mass is 16.5. The van der Waals surface area contributed by atoms with Crippen molar-refractivity contribution in [1.29, 1.82) is 0 Å². The maximum atomic E-state index is 9.51. The van der Waals surface area contributed by atoms with E-state index >= 15 is 0 Å². The number of rotatable bonds is 6. The Morgan fingerprint density at radius 3 is 2.93 bits per heavy atom. The largest absolute Gasteiger partial charge is 0.392 e. The Hall–Kier alpha value is -0.120. The van der Waals surface area contributed by atoms with Crippen LogP contribution >= 0.6 is 0 Å². The van der Waals surface area contributed by atoms with Gasteiger partial charge in [0.2, 0.25) is 0 Å². The third kappa shape index (κ3) is 3.95. The van der Waals surface area contributed by atoms with E-state index in [4.69, 9.17) is 4.74 Å². The molecule has 1 aliphatic heterocycles. The average molecular weight is 201 g/mol. The first-order chi connectivity index (χ1) is 6.76. The Labute approximate surface area is 87.1 Å². The molecule has 3 heteroatoms. The molecule has 0 spiro atoms. The van der Waals surface area contributed by atoms with Gasteiger partial charge in [-0.2, -0.15) is 0 Å². The highest BCUT2D eigenvalue weighted by Crippen LogP contribution is 2.16. The van der Waals surface area contributed by atoms with Crippen LogP contribution in [0.5, 0.6) is 0 Å². The van der Waals surface area contributed by atoms with Gasteiger partial charge in [0.1, 0.15) is 0 Å². The number of hydrogen-bond donors (Lipinski definition) is 1. The molecule has 84 valence electrons. The van der Waals surface area contributed by atoms with Gasteiger partial charge in [0, 0.05) is 19.7 Å². The van der Waals surface area contributed by atoms with E-state index in [-0.39, 0.29) is 6.10 Å². The van der Waals surface area contributed by atoms with Crippen molar-refractivity contribution in [2.75, 3.05) is 32.8 Å². The van der Waals surface area contributed by atoms with Gasteiger partial charge in [-0.1, -0.05) is 6.92 Å². The molecule has 0 aromatic rings. The fraction of sp³-hybridized carbons (Fsp3) is 1.00. The van der Waals surface area contributed by atoms with Crippen LogP contribution in [0.4, 0.5) is 0 Å². The van der Waals surface area contributed by atoms with Crippen LogP contribution in [0, 0.1) is 5.92 Å². The zero-order chi connectivity index (χ0) is 10.4. The molecule has 1 heterocycles. The summed E-state index contributed by atoms with van der Waals surface area (Å²) in [6.45, 7) is 8.81. The lowest BCUT2D eigenvalue weighted by Crippen LogP contribution is -2.30. The number of ether oxygens (including phenoxy) is 1. The quantitative estimate of drug-likeness (QED) is 0.699. The highest BCUT2D eigenvalue weighted by Gasteiger charge is 2.23. The Morgan fingerprint density at radius 1 is 1.50 bits per heavy atom. The molecule has 0 aliphatic carbocycles. The molecule has 1 rings (SSSR count). The summed E-state index contributed by atoms with van der Waals surface area (Å²) in [5, 5.41) is 9.51. The number of aliphatic hydroxyl groups is 1. The number of aliphatic hydroxyl groups excluding tert-OH is 1. The zero-order valence-electron chi connectivity index (χ0n) is 9.41. The first-order valence-corrected chi connectivity index (χ1v) is 5.74. The van der Waals surface area contributed by atoms with E-state index in [1.807, 2.05) is 13.8 Å². The van der Waals surface area contributed by atoms with Crippen LogP contribution in [0.25, 0.3) is 0 Å². The van der Waals surface area contributed by atoms with Crippen molar-refractivity contribution in [3.05, 3.63) is 0 Å².